The summed E-state index contributed by atoms with van der Waals surface area (Å²) in [5.74, 6) is -0.0934. The van der Waals surface area contributed by atoms with E-state index in [1.165, 1.54) is 57.0 Å². The van der Waals surface area contributed by atoms with Gasteiger partial charge in [-0.3, -0.25) is 9.78 Å². The highest BCUT2D eigenvalue weighted by atomic mass is 16.5. The van der Waals surface area contributed by atoms with Crippen molar-refractivity contribution in [2.75, 3.05) is 7.11 Å². The maximum atomic E-state index is 11.0. The number of nitrogens with zero attached hydrogens (tertiary/aromatic N) is 1. The molecule has 0 fully saturated rings. The third-order valence-electron chi connectivity index (χ3n) is 3.94. The first-order valence-electron chi connectivity index (χ1n) is 8.78. The number of hydrogen-bond acceptors (Lipinski definition) is 3. The van der Waals surface area contributed by atoms with E-state index >= 15 is 0 Å². The molecule has 0 amide bonds. The molecule has 0 radical (unpaired) electrons. The van der Waals surface area contributed by atoms with Crippen molar-refractivity contribution in [2.24, 2.45) is 0 Å². The standard InChI is InChI=1S/C19H31NO2/c1-3-4-8-12-17-14-11-15-18(20-17)13-9-6-5-7-10-16-19(21)22-2/h11,14-15H,3-10,12-13,16H2,1-2H3. The van der Waals surface area contributed by atoms with Crippen molar-refractivity contribution < 1.29 is 9.53 Å². The normalized spacial score (nSPS) is 10.6. The minimum Gasteiger partial charge on any atom is -0.469 e. The molecule has 0 unspecified atom stereocenters. The molecule has 1 heterocycles. The van der Waals surface area contributed by atoms with Gasteiger partial charge in [0.2, 0.25) is 0 Å². The van der Waals surface area contributed by atoms with E-state index in [1.54, 1.807) is 0 Å². The molecule has 0 aliphatic rings. The smallest absolute Gasteiger partial charge is 0.305 e. The third kappa shape index (κ3) is 8.81. The number of aryl methyl sites for hydroxylation is 2. The molecule has 3 nitrogen and oxygen atoms in total. The molecule has 22 heavy (non-hydrogen) atoms. The minimum absolute atomic E-state index is 0.0934. The molecule has 1 aromatic rings. The van der Waals surface area contributed by atoms with Gasteiger partial charge in [-0.15, -0.1) is 0 Å². The van der Waals surface area contributed by atoms with Crippen LogP contribution in [0.3, 0.4) is 0 Å². The number of methoxy groups -OCH3 is 1. The lowest BCUT2D eigenvalue weighted by molar-refractivity contribution is -0.140. The monoisotopic (exact) mass is 305 g/mol. The Morgan fingerprint density at radius 3 is 2.18 bits per heavy atom. The lowest BCUT2D eigenvalue weighted by atomic mass is 10.1. The molecule has 0 aromatic carbocycles. The van der Waals surface area contributed by atoms with E-state index in [-0.39, 0.29) is 5.97 Å². The quantitative estimate of drug-likeness (QED) is 0.408. The average molecular weight is 305 g/mol. The van der Waals surface area contributed by atoms with E-state index < -0.39 is 0 Å². The highest BCUT2D eigenvalue weighted by Crippen LogP contribution is 2.11. The maximum absolute atomic E-state index is 11.0. The second kappa shape index (κ2) is 12.2. The molecule has 1 aromatic heterocycles. The molecule has 0 saturated carbocycles. The molecule has 0 aliphatic heterocycles. The lowest BCUT2D eigenvalue weighted by Gasteiger charge is -2.05. The van der Waals surface area contributed by atoms with Gasteiger partial charge in [-0.1, -0.05) is 45.1 Å². The molecule has 0 saturated heterocycles. The molecule has 0 aliphatic carbocycles. The van der Waals surface area contributed by atoms with Crippen LogP contribution in [0.1, 0.15) is 76.1 Å². The Hall–Kier alpha value is -1.38. The predicted molar refractivity (Wildman–Crippen MR) is 90.9 cm³/mol. The number of ether oxygens (including phenoxy) is 1. The zero-order valence-electron chi connectivity index (χ0n) is 14.3. The highest BCUT2D eigenvalue weighted by Gasteiger charge is 2.01. The van der Waals surface area contributed by atoms with E-state index in [1.807, 2.05) is 0 Å². The molecule has 0 bridgehead atoms. The van der Waals surface area contributed by atoms with E-state index in [4.69, 9.17) is 4.98 Å². The molecule has 0 atom stereocenters. The van der Waals surface area contributed by atoms with Crippen LogP contribution < -0.4 is 0 Å². The van der Waals surface area contributed by atoms with E-state index in [0.717, 1.165) is 25.7 Å². The van der Waals surface area contributed by atoms with Crippen molar-refractivity contribution in [3.63, 3.8) is 0 Å². The summed E-state index contributed by atoms with van der Waals surface area (Å²) in [6, 6.07) is 6.42. The molecule has 124 valence electrons. The Bertz CT molecular complexity index is 418. The summed E-state index contributed by atoms with van der Waals surface area (Å²) in [6.45, 7) is 2.23. The molecule has 0 N–H and O–H groups in total. The topological polar surface area (TPSA) is 39.2 Å². The molecule has 1 rings (SSSR count). The summed E-state index contributed by atoms with van der Waals surface area (Å²) >= 11 is 0. The van der Waals surface area contributed by atoms with Crippen molar-refractivity contribution in [3.05, 3.63) is 29.6 Å². The largest absolute Gasteiger partial charge is 0.469 e. The number of carbonyl (C=O) groups is 1. The zero-order valence-corrected chi connectivity index (χ0v) is 14.3. The van der Waals surface area contributed by atoms with Crippen LogP contribution in [0.15, 0.2) is 18.2 Å². The maximum Gasteiger partial charge on any atom is 0.305 e. The number of hydrogen-bond donors (Lipinski definition) is 0. The zero-order chi connectivity index (χ0) is 16.0. The van der Waals surface area contributed by atoms with Gasteiger partial charge in [0.1, 0.15) is 0 Å². The SMILES string of the molecule is CCCCCc1cccc(CCCCCCCC(=O)OC)n1. The van der Waals surface area contributed by atoms with Gasteiger partial charge >= 0.3 is 5.97 Å². The highest BCUT2D eigenvalue weighted by molar-refractivity contribution is 5.68. The van der Waals surface area contributed by atoms with Crippen LogP contribution in [0.2, 0.25) is 0 Å². The van der Waals surface area contributed by atoms with Gasteiger partial charge in [-0.25, -0.2) is 0 Å². The van der Waals surface area contributed by atoms with Crippen LogP contribution >= 0.6 is 0 Å². The fourth-order valence-corrected chi connectivity index (χ4v) is 2.57. The second-order valence-corrected chi connectivity index (χ2v) is 5.92. The Balaban J connectivity index is 2.11. The van der Waals surface area contributed by atoms with Gasteiger partial charge in [-0.05, 0) is 44.2 Å². The second-order valence-electron chi connectivity index (χ2n) is 5.92. The number of esters is 1. The van der Waals surface area contributed by atoms with Crippen LogP contribution in [-0.2, 0) is 22.4 Å². The number of rotatable bonds is 12. The lowest BCUT2D eigenvalue weighted by Crippen LogP contribution is -1.99. The van der Waals surface area contributed by atoms with Gasteiger partial charge in [-0.2, -0.15) is 0 Å². The predicted octanol–water partition coefficient (Wildman–Crippen LogP) is 4.87. The van der Waals surface area contributed by atoms with E-state index in [0.29, 0.717) is 6.42 Å². The summed E-state index contributed by atoms with van der Waals surface area (Å²) in [6.07, 6.45) is 12.2. The Morgan fingerprint density at radius 2 is 1.55 bits per heavy atom. The molecular weight excluding hydrogens is 274 g/mol. The van der Waals surface area contributed by atoms with Gasteiger partial charge in [0.15, 0.2) is 0 Å². The van der Waals surface area contributed by atoms with Crippen LogP contribution in [0.5, 0.6) is 0 Å². The van der Waals surface area contributed by atoms with Crippen LogP contribution in [0.25, 0.3) is 0 Å². The van der Waals surface area contributed by atoms with Crippen LogP contribution in [0, 0.1) is 0 Å². The number of aromatic nitrogens is 1. The fraction of sp³-hybridized carbons (Fsp3) is 0.684. The Morgan fingerprint density at radius 1 is 0.955 bits per heavy atom. The molecular formula is C19H31NO2. The molecule has 0 spiro atoms. The number of carbonyl (C=O) groups excluding carboxylic acids is 1. The summed E-state index contributed by atoms with van der Waals surface area (Å²) in [5.41, 5.74) is 2.47. The van der Waals surface area contributed by atoms with Crippen molar-refractivity contribution >= 4 is 5.97 Å². The number of pyridine rings is 1. The van der Waals surface area contributed by atoms with E-state index in [2.05, 4.69) is 29.9 Å². The summed E-state index contributed by atoms with van der Waals surface area (Å²) in [7, 11) is 1.45. The van der Waals surface area contributed by atoms with Crippen LogP contribution in [-0.4, -0.2) is 18.1 Å². The summed E-state index contributed by atoms with van der Waals surface area (Å²) in [4.78, 5) is 15.7. The van der Waals surface area contributed by atoms with Gasteiger partial charge in [0, 0.05) is 17.8 Å². The van der Waals surface area contributed by atoms with Crippen molar-refractivity contribution in [1.29, 1.82) is 0 Å². The minimum atomic E-state index is -0.0934. The molecule has 3 heteroatoms. The first-order valence-corrected chi connectivity index (χ1v) is 8.78. The van der Waals surface area contributed by atoms with Gasteiger partial charge in [0.05, 0.1) is 7.11 Å². The Kier molecular flexibility index (Phi) is 10.3. The van der Waals surface area contributed by atoms with Gasteiger partial charge < -0.3 is 4.74 Å². The summed E-state index contributed by atoms with van der Waals surface area (Å²) < 4.78 is 4.63. The summed E-state index contributed by atoms with van der Waals surface area (Å²) in [5, 5.41) is 0. The average Bonchev–Trinajstić information content (AvgIpc) is 2.54. The van der Waals surface area contributed by atoms with Crippen LogP contribution in [0.4, 0.5) is 0 Å². The van der Waals surface area contributed by atoms with Crippen molar-refractivity contribution in [2.45, 2.75) is 77.6 Å². The first kappa shape index (κ1) is 18.7. The van der Waals surface area contributed by atoms with Crippen molar-refractivity contribution in [1.82, 2.24) is 4.98 Å². The fourth-order valence-electron chi connectivity index (χ4n) is 2.57. The number of unbranched alkanes of at least 4 members (excludes halogenated alkanes) is 6. The third-order valence-corrected chi connectivity index (χ3v) is 3.94. The van der Waals surface area contributed by atoms with Gasteiger partial charge in [0.25, 0.3) is 0 Å². The van der Waals surface area contributed by atoms with E-state index in [9.17, 15) is 4.79 Å². The Labute approximate surface area is 135 Å². The van der Waals surface area contributed by atoms with Crippen molar-refractivity contribution in [3.8, 4) is 0 Å². The first-order chi connectivity index (χ1) is 10.8.